The summed E-state index contributed by atoms with van der Waals surface area (Å²) in [4.78, 5) is 26.9. The summed E-state index contributed by atoms with van der Waals surface area (Å²) in [7, 11) is 3.11. The summed E-state index contributed by atoms with van der Waals surface area (Å²) in [5.74, 6) is 1.76. The Morgan fingerprint density at radius 3 is 2.56 bits per heavy atom. The zero-order chi connectivity index (χ0) is 22.5. The molecule has 0 saturated carbocycles. The minimum absolute atomic E-state index is 0.0862. The van der Waals surface area contributed by atoms with Gasteiger partial charge in [-0.15, -0.1) is 0 Å². The molecule has 1 fully saturated rings. The Labute approximate surface area is 186 Å². The first-order valence-electron chi connectivity index (χ1n) is 10.6. The minimum Gasteiger partial charge on any atom is -0.497 e. The molecule has 0 atom stereocenters. The highest BCUT2D eigenvalue weighted by Crippen LogP contribution is 2.29. The highest BCUT2D eigenvalue weighted by atomic mass is 16.5. The first-order valence-corrected chi connectivity index (χ1v) is 10.6. The normalized spacial score (nSPS) is 14.2. The van der Waals surface area contributed by atoms with Gasteiger partial charge in [0.15, 0.2) is 5.76 Å². The molecule has 1 saturated heterocycles. The van der Waals surface area contributed by atoms with E-state index in [2.05, 4.69) is 10.6 Å². The Bertz CT molecular complexity index is 1070. The summed E-state index contributed by atoms with van der Waals surface area (Å²) in [6.07, 6.45) is 1.64. The van der Waals surface area contributed by atoms with Gasteiger partial charge in [-0.3, -0.25) is 4.79 Å². The first-order chi connectivity index (χ1) is 15.6. The van der Waals surface area contributed by atoms with Crippen molar-refractivity contribution in [1.29, 1.82) is 0 Å². The van der Waals surface area contributed by atoms with Gasteiger partial charge in [-0.1, -0.05) is 18.2 Å². The van der Waals surface area contributed by atoms with Crippen LogP contribution >= 0.6 is 0 Å². The maximum Gasteiger partial charge on any atom is 0.319 e. The molecule has 168 valence electrons. The number of carbonyl (C=O) groups is 2. The largest absolute Gasteiger partial charge is 0.497 e. The number of likely N-dealkylation sites (tertiary alicyclic amines) is 1. The molecule has 3 aromatic rings. The zero-order valence-electron chi connectivity index (χ0n) is 18.2. The van der Waals surface area contributed by atoms with Crippen molar-refractivity contribution >= 4 is 28.6 Å². The number of fused-ring (bicyclic) bond motifs is 1. The molecule has 0 radical (unpaired) electrons. The number of amides is 3. The van der Waals surface area contributed by atoms with Crippen LogP contribution in [0.4, 0.5) is 10.5 Å². The number of piperidine rings is 1. The van der Waals surface area contributed by atoms with Crippen LogP contribution in [0.3, 0.4) is 0 Å². The van der Waals surface area contributed by atoms with Gasteiger partial charge in [0.1, 0.15) is 17.1 Å². The molecule has 1 aliphatic rings. The number of urea groups is 1. The third-order valence-electron chi connectivity index (χ3n) is 5.75. The number of nitrogens with zero attached hydrogens (tertiary/aromatic N) is 1. The van der Waals surface area contributed by atoms with Crippen LogP contribution in [-0.4, -0.2) is 50.7 Å². The minimum atomic E-state index is -0.297. The molecular weight excluding hydrogens is 410 g/mol. The summed E-state index contributed by atoms with van der Waals surface area (Å²) >= 11 is 0. The van der Waals surface area contributed by atoms with Gasteiger partial charge in [-0.25, -0.2) is 4.79 Å². The molecule has 4 rings (SSSR count). The Morgan fingerprint density at radius 1 is 1.06 bits per heavy atom. The molecule has 0 unspecified atom stereocenters. The molecule has 3 amide bonds. The smallest absolute Gasteiger partial charge is 0.319 e. The Morgan fingerprint density at radius 2 is 1.84 bits per heavy atom. The Hall–Kier alpha value is -3.68. The first kappa shape index (κ1) is 21.5. The number of benzene rings is 2. The number of ether oxygens (including phenoxy) is 2. The topological polar surface area (TPSA) is 93.0 Å². The lowest BCUT2D eigenvalue weighted by molar-refractivity contribution is 0.0661. The van der Waals surface area contributed by atoms with Crippen LogP contribution in [0.1, 0.15) is 23.4 Å². The molecule has 0 spiro atoms. The summed E-state index contributed by atoms with van der Waals surface area (Å²) in [5, 5.41) is 6.65. The average Bonchev–Trinajstić information content (AvgIpc) is 3.27. The lowest BCUT2D eigenvalue weighted by Crippen LogP contribution is -2.42. The van der Waals surface area contributed by atoms with E-state index in [4.69, 9.17) is 13.9 Å². The van der Waals surface area contributed by atoms with Crippen molar-refractivity contribution in [2.24, 2.45) is 5.92 Å². The standard InChI is InChI=1S/C24H27N3O5/c1-30-18-7-8-19(21(14-18)31-2)26-24(29)25-15-16-9-11-27(12-10-16)23(28)22-13-17-5-3-4-6-20(17)32-22/h3-8,13-14,16H,9-12,15H2,1-2H3,(H2,25,26,29). The second-order valence-electron chi connectivity index (χ2n) is 7.79. The van der Waals surface area contributed by atoms with E-state index in [0.29, 0.717) is 48.5 Å². The molecular formula is C24H27N3O5. The number of furan rings is 1. The molecule has 2 aromatic carbocycles. The highest BCUT2D eigenvalue weighted by Gasteiger charge is 2.26. The average molecular weight is 437 g/mol. The predicted molar refractivity (Wildman–Crippen MR) is 121 cm³/mol. The number of anilines is 1. The van der Waals surface area contributed by atoms with Crippen molar-refractivity contribution in [1.82, 2.24) is 10.2 Å². The fourth-order valence-corrected chi connectivity index (χ4v) is 3.89. The molecule has 0 aliphatic carbocycles. The maximum absolute atomic E-state index is 12.8. The van der Waals surface area contributed by atoms with E-state index in [1.165, 1.54) is 7.11 Å². The van der Waals surface area contributed by atoms with Crippen LogP contribution in [0.15, 0.2) is 52.9 Å². The second kappa shape index (κ2) is 9.64. The van der Waals surface area contributed by atoms with E-state index in [-0.39, 0.29) is 11.9 Å². The van der Waals surface area contributed by atoms with Gasteiger partial charge < -0.3 is 29.4 Å². The number of methoxy groups -OCH3 is 2. The summed E-state index contributed by atoms with van der Waals surface area (Å²) in [6.45, 7) is 1.81. The van der Waals surface area contributed by atoms with E-state index in [9.17, 15) is 9.59 Å². The number of hydrogen-bond donors (Lipinski definition) is 2. The van der Waals surface area contributed by atoms with Crippen molar-refractivity contribution in [3.05, 3.63) is 54.3 Å². The third kappa shape index (κ3) is 4.80. The van der Waals surface area contributed by atoms with Crippen LogP contribution in [0, 0.1) is 5.92 Å². The van der Waals surface area contributed by atoms with Gasteiger partial charge in [-0.2, -0.15) is 0 Å². The van der Waals surface area contributed by atoms with E-state index < -0.39 is 0 Å². The van der Waals surface area contributed by atoms with E-state index in [0.717, 1.165) is 23.8 Å². The van der Waals surface area contributed by atoms with Crippen LogP contribution in [0.5, 0.6) is 11.5 Å². The molecule has 1 aliphatic heterocycles. The number of para-hydroxylation sites is 1. The van der Waals surface area contributed by atoms with E-state index in [1.807, 2.05) is 29.2 Å². The SMILES string of the molecule is COc1ccc(NC(=O)NCC2CCN(C(=O)c3cc4ccccc4o3)CC2)c(OC)c1. The van der Waals surface area contributed by atoms with Gasteiger partial charge in [0.05, 0.1) is 19.9 Å². The second-order valence-corrected chi connectivity index (χ2v) is 7.79. The van der Waals surface area contributed by atoms with Gasteiger partial charge in [0, 0.05) is 31.1 Å². The van der Waals surface area contributed by atoms with Crippen molar-refractivity contribution in [2.75, 3.05) is 39.2 Å². The number of carbonyl (C=O) groups excluding carboxylic acids is 2. The van der Waals surface area contributed by atoms with Crippen molar-refractivity contribution in [3.63, 3.8) is 0 Å². The fourth-order valence-electron chi connectivity index (χ4n) is 3.89. The monoisotopic (exact) mass is 437 g/mol. The summed E-state index contributed by atoms with van der Waals surface area (Å²) < 4.78 is 16.2. The van der Waals surface area contributed by atoms with Crippen molar-refractivity contribution in [2.45, 2.75) is 12.8 Å². The van der Waals surface area contributed by atoms with Crippen LogP contribution < -0.4 is 20.1 Å². The molecule has 0 bridgehead atoms. The lowest BCUT2D eigenvalue weighted by atomic mass is 9.96. The molecule has 2 heterocycles. The maximum atomic E-state index is 12.8. The Kier molecular flexibility index (Phi) is 6.49. The van der Waals surface area contributed by atoms with Crippen LogP contribution in [0.2, 0.25) is 0 Å². The van der Waals surface area contributed by atoms with Gasteiger partial charge in [-0.05, 0) is 43.0 Å². The van der Waals surface area contributed by atoms with Crippen molar-refractivity contribution < 1.29 is 23.5 Å². The van der Waals surface area contributed by atoms with Gasteiger partial charge >= 0.3 is 6.03 Å². The summed E-state index contributed by atoms with van der Waals surface area (Å²) in [6, 6.07) is 14.3. The fraction of sp³-hybridized carbons (Fsp3) is 0.333. The number of hydrogen-bond acceptors (Lipinski definition) is 5. The Balaban J connectivity index is 1.25. The van der Waals surface area contributed by atoms with Gasteiger partial charge in [0.2, 0.25) is 0 Å². The molecule has 1 aromatic heterocycles. The van der Waals surface area contributed by atoms with Crippen molar-refractivity contribution in [3.8, 4) is 11.5 Å². The molecule has 32 heavy (non-hydrogen) atoms. The van der Waals surface area contributed by atoms with Gasteiger partial charge in [0.25, 0.3) is 5.91 Å². The molecule has 8 heteroatoms. The quantitative estimate of drug-likeness (QED) is 0.605. The molecule has 8 nitrogen and oxygen atoms in total. The summed E-state index contributed by atoms with van der Waals surface area (Å²) in [5.41, 5.74) is 1.28. The third-order valence-corrected chi connectivity index (χ3v) is 5.75. The predicted octanol–water partition coefficient (Wildman–Crippen LogP) is 4.12. The lowest BCUT2D eigenvalue weighted by Gasteiger charge is -2.31. The number of nitrogens with one attached hydrogen (secondary N) is 2. The highest BCUT2D eigenvalue weighted by molar-refractivity contribution is 5.96. The van der Waals surface area contributed by atoms with Crippen LogP contribution in [-0.2, 0) is 0 Å². The van der Waals surface area contributed by atoms with Crippen LogP contribution in [0.25, 0.3) is 11.0 Å². The zero-order valence-corrected chi connectivity index (χ0v) is 18.2. The van der Waals surface area contributed by atoms with E-state index in [1.54, 1.807) is 31.4 Å². The number of rotatable bonds is 6. The van der Waals surface area contributed by atoms with E-state index >= 15 is 0 Å². The molecule has 2 N–H and O–H groups in total.